The lowest BCUT2D eigenvalue weighted by molar-refractivity contribution is 0.790. The van der Waals surface area contributed by atoms with Gasteiger partial charge in [0, 0.05) is 24.8 Å². The number of benzene rings is 1. The van der Waals surface area contributed by atoms with Crippen LogP contribution >= 0.6 is 0 Å². The topological polar surface area (TPSA) is 30.9 Å². The first-order valence-corrected chi connectivity index (χ1v) is 5.69. The molecule has 1 aromatic carbocycles. The molecule has 2 nitrogen and oxygen atoms in total. The van der Waals surface area contributed by atoms with Crippen LogP contribution in [0.2, 0.25) is 0 Å². The molecule has 2 heteroatoms. The van der Waals surface area contributed by atoms with Crippen LogP contribution in [0.25, 0.3) is 10.9 Å². The molecule has 16 heavy (non-hydrogen) atoms. The summed E-state index contributed by atoms with van der Waals surface area (Å²) in [7, 11) is 0. The maximum absolute atomic E-state index is 5.63. The fraction of sp³-hybridized carbons (Fsp3) is 0.286. The van der Waals surface area contributed by atoms with Crippen molar-refractivity contribution >= 4 is 10.9 Å². The van der Waals surface area contributed by atoms with Crippen LogP contribution in [0.5, 0.6) is 0 Å². The summed E-state index contributed by atoms with van der Waals surface area (Å²) >= 11 is 0. The first-order valence-electron chi connectivity index (χ1n) is 5.69. The quantitative estimate of drug-likeness (QED) is 0.779. The Morgan fingerprint density at radius 2 is 2.19 bits per heavy atom. The molecule has 0 saturated heterocycles. The van der Waals surface area contributed by atoms with E-state index in [0.29, 0.717) is 6.54 Å². The van der Waals surface area contributed by atoms with Crippen molar-refractivity contribution in [2.75, 3.05) is 0 Å². The molecule has 0 fully saturated rings. The molecule has 0 aliphatic carbocycles. The van der Waals surface area contributed by atoms with Gasteiger partial charge in [0.15, 0.2) is 0 Å². The molecule has 0 atom stereocenters. The number of nitrogens with two attached hydrogens (primary N) is 1. The smallest absolute Gasteiger partial charge is 0.0483 e. The van der Waals surface area contributed by atoms with Gasteiger partial charge >= 0.3 is 0 Å². The Balaban J connectivity index is 2.37. The van der Waals surface area contributed by atoms with Crippen LogP contribution in [0.15, 0.2) is 42.6 Å². The van der Waals surface area contributed by atoms with Crippen LogP contribution in [0, 0.1) is 0 Å². The molecule has 0 aliphatic heterocycles. The van der Waals surface area contributed by atoms with Crippen molar-refractivity contribution in [1.29, 1.82) is 0 Å². The van der Waals surface area contributed by atoms with E-state index in [1.54, 1.807) is 0 Å². The molecule has 0 unspecified atom stereocenters. The third-order valence-electron chi connectivity index (χ3n) is 2.97. The first-order chi connectivity index (χ1) is 7.74. The third kappa shape index (κ3) is 2.02. The van der Waals surface area contributed by atoms with Crippen molar-refractivity contribution in [1.82, 2.24) is 4.57 Å². The fourth-order valence-electron chi connectivity index (χ4n) is 1.87. The Morgan fingerprint density at radius 1 is 1.38 bits per heavy atom. The number of fused-ring (bicyclic) bond motifs is 1. The predicted molar refractivity (Wildman–Crippen MR) is 69.3 cm³/mol. The maximum Gasteiger partial charge on any atom is 0.0483 e. The molecule has 1 heterocycles. The minimum atomic E-state index is 0.600. The van der Waals surface area contributed by atoms with E-state index in [2.05, 4.69) is 48.5 Å². The molecule has 2 rings (SSSR count). The zero-order valence-corrected chi connectivity index (χ0v) is 9.74. The van der Waals surface area contributed by atoms with Gasteiger partial charge in [0.2, 0.25) is 0 Å². The van der Waals surface area contributed by atoms with E-state index >= 15 is 0 Å². The lowest BCUT2D eigenvalue weighted by atomic mass is 10.1. The second-order valence-electron chi connectivity index (χ2n) is 4.14. The van der Waals surface area contributed by atoms with Crippen LogP contribution < -0.4 is 5.73 Å². The van der Waals surface area contributed by atoms with E-state index in [-0.39, 0.29) is 0 Å². The molecule has 0 bridgehead atoms. The van der Waals surface area contributed by atoms with Crippen LogP contribution in [-0.4, -0.2) is 4.57 Å². The van der Waals surface area contributed by atoms with E-state index in [4.69, 9.17) is 5.73 Å². The molecule has 0 aliphatic rings. The summed E-state index contributed by atoms with van der Waals surface area (Å²) in [6.07, 6.45) is 3.15. The average molecular weight is 214 g/mol. The molecule has 0 amide bonds. The standard InChI is InChI=1S/C14H18N2/c1-3-11(2)10-16-7-6-13-8-12(9-15)4-5-14(13)16/h4-8H,2-3,9-10,15H2,1H3. The molecule has 2 aromatic rings. The highest BCUT2D eigenvalue weighted by Gasteiger charge is 2.02. The second-order valence-corrected chi connectivity index (χ2v) is 4.14. The number of hydrogen-bond acceptors (Lipinski definition) is 1. The summed E-state index contributed by atoms with van der Waals surface area (Å²) in [4.78, 5) is 0. The minimum absolute atomic E-state index is 0.600. The molecule has 0 spiro atoms. The molecular weight excluding hydrogens is 196 g/mol. The van der Waals surface area contributed by atoms with Crippen molar-refractivity contribution in [3.63, 3.8) is 0 Å². The summed E-state index contributed by atoms with van der Waals surface area (Å²) < 4.78 is 2.24. The van der Waals surface area contributed by atoms with Crippen molar-refractivity contribution in [3.8, 4) is 0 Å². The van der Waals surface area contributed by atoms with E-state index in [1.165, 1.54) is 22.0 Å². The number of nitrogens with zero attached hydrogens (tertiary/aromatic N) is 1. The molecule has 0 saturated carbocycles. The highest BCUT2D eigenvalue weighted by atomic mass is 14.9. The van der Waals surface area contributed by atoms with Crippen LogP contribution in [-0.2, 0) is 13.1 Å². The lowest BCUT2D eigenvalue weighted by Crippen LogP contribution is -1.99. The molecule has 84 valence electrons. The zero-order valence-electron chi connectivity index (χ0n) is 9.74. The summed E-state index contributed by atoms with van der Waals surface area (Å²) in [5, 5.41) is 1.26. The van der Waals surface area contributed by atoms with Gasteiger partial charge in [-0.15, -0.1) is 0 Å². The Kier molecular flexibility index (Phi) is 3.11. The molecule has 2 N–H and O–H groups in total. The van der Waals surface area contributed by atoms with Crippen LogP contribution in [0.3, 0.4) is 0 Å². The first kappa shape index (κ1) is 11.0. The van der Waals surface area contributed by atoms with E-state index in [0.717, 1.165) is 13.0 Å². The number of hydrogen-bond donors (Lipinski definition) is 1. The zero-order chi connectivity index (χ0) is 11.5. The van der Waals surface area contributed by atoms with Crippen LogP contribution in [0.4, 0.5) is 0 Å². The van der Waals surface area contributed by atoms with Crippen LogP contribution in [0.1, 0.15) is 18.9 Å². The van der Waals surface area contributed by atoms with Gasteiger partial charge in [-0.2, -0.15) is 0 Å². The largest absolute Gasteiger partial charge is 0.343 e. The third-order valence-corrected chi connectivity index (χ3v) is 2.97. The summed E-state index contributed by atoms with van der Waals surface area (Å²) in [5.41, 5.74) is 9.32. The number of rotatable bonds is 4. The van der Waals surface area contributed by atoms with Gasteiger partial charge in [0.05, 0.1) is 0 Å². The van der Waals surface area contributed by atoms with Crippen molar-refractivity contribution < 1.29 is 0 Å². The van der Waals surface area contributed by atoms with Gasteiger partial charge in [-0.3, -0.25) is 0 Å². The molecule has 1 aromatic heterocycles. The van der Waals surface area contributed by atoms with Gasteiger partial charge in [-0.05, 0) is 35.6 Å². The monoisotopic (exact) mass is 214 g/mol. The van der Waals surface area contributed by atoms with Gasteiger partial charge < -0.3 is 10.3 Å². The van der Waals surface area contributed by atoms with Gasteiger partial charge in [-0.1, -0.05) is 25.1 Å². The van der Waals surface area contributed by atoms with Gasteiger partial charge in [0.25, 0.3) is 0 Å². The fourth-order valence-corrected chi connectivity index (χ4v) is 1.87. The minimum Gasteiger partial charge on any atom is -0.343 e. The highest BCUT2D eigenvalue weighted by molar-refractivity contribution is 5.80. The Morgan fingerprint density at radius 3 is 2.88 bits per heavy atom. The Hall–Kier alpha value is -1.54. The Bertz CT molecular complexity index is 508. The number of allylic oxidation sites excluding steroid dienone is 1. The summed E-state index contributed by atoms with van der Waals surface area (Å²) in [6.45, 7) is 7.69. The van der Waals surface area contributed by atoms with Gasteiger partial charge in [-0.25, -0.2) is 0 Å². The molecular formula is C14H18N2. The van der Waals surface area contributed by atoms with E-state index < -0.39 is 0 Å². The summed E-state index contributed by atoms with van der Waals surface area (Å²) in [5.74, 6) is 0. The average Bonchev–Trinajstić information content (AvgIpc) is 2.71. The lowest BCUT2D eigenvalue weighted by Gasteiger charge is -2.07. The van der Waals surface area contributed by atoms with E-state index in [9.17, 15) is 0 Å². The maximum atomic E-state index is 5.63. The van der Waals surface area contributed by atoms with Crippen molar-refractivity contribution in [3.05, 3.63) is 48.2 Å². The predicted octanol–water partition coefficient (Wildman–Crippen LogP) is 3.07. The highest BCUT2D eigenvalue weighted by Crippen LogP contribution is 2.19. The van der Waals surface area contributed by atoms with Gasteiger partial charge in [0.1, 0.15) is 0 Å². The second kappa shape index (κ2) is 4.54. The molecule has 0 radical (unpaired) electrons. The SMILES string of the molecule is C=C(CC)Cn1ccc2cc(CN)ccc21. The van der Waals surface area contributed by atoms with Crippen molar-refractivity contribution in [2.24, 2.45) is 5.73 Å². The Labute approximate surface area is 96.4 Å². The van der Waals surface area contributed by atoms with Crippen molar-refractivity contribution in [2.45, 2.75) is 26.4 Å². The number of aromatic nitrogens is 1. The van der Waals surface area contributed by atoms with E-state index in [1.807, 2.05) is 0 Å². The summed E-state index contributed by atoms with van der Waals surface area (Å²) in [6, 6.07) is 8.52. The normalized spacial score (nSPS) is 10.9.